The Kier molecular flexibility index (Phi) is 1.50. The van der Waals surface area contributed by atoms with Crippen molar-refractivity contribution in [1.82, 2.24) is 6.15 Å². The van der Waals surface area contributed by atoms with Gasteiger partial charge in [0.2, 0.25) is 0 Å². The Bertz CT molecular complexity index is 94.5. The summed E-state index contributed by atoms with van der Waals surface area (Å²) in [4.78, 5) is 0. The van der Waals surface area contributed by atoms with E-state index in [1.165, 1.54) is 19.3 Å². The van der Waals surface area contributed by atoms with Crippen LogP contribution in [0.25, 0.3) is 0 Å². The van der Waals surface area contributed by atoms with Crippen LogP contribution in [-0.2, 0) is 0 Å². The summed E-state index contributed by atoms with van der Waals surface area (Å²) >= 11 is 5.90. The SMILES string of the molecule is ClC1CCC2CC12.N. The van der Waals surface area contributed by atoms with Gasteiger partial charge in [-0.1, -0.05) is 0 Å². The van der Waals surface area contributed by atoms with Gasteiger partial charge in [-0.15, -0.1) is 11.6 Å². The number of halogens is 1. The van der Waals surface area contributed by atoms with Crippen molar-refractivity contribution in [3.05, 3.63) is 0 Å². The first kappa shape index (κ1) is 6.37. The molecule has 2 fully saturated rings. The summed E-state index contributed by atoms with van der Waals surface area (Å²) in [5, 5.41) is 0.560. The lowest BCUT2D eigenvalue weighted by atomic mass is 10.2. The Morgan fingerprint density at radius 3 is 2.12 bits per heavy atom. The minimum absolute atomic E-state index is 0. The molecule has 2 aliphatic carbocycles. The molecular formula is C6H12ClN. The fourth-order valence-corrected chi connectivity index (χ4v) is 2.07. The molecule has 3 unspecified atom stereocenters. The van der Waals surface area contributed by atoms with Gasteiger partial charge in [0.15, 0.2) is 0 Å². The zero-order valence-corrected chi connectivity index (χ0v) is 5.69. The van der Waals surface area contributed by atoms with Gasteiger partial charge in [0.25, 0.3) is 0 Å². The minimum Gasteiger partial charge on any atom is -0.344 e. The van der Waals surface area contributed by atoms with E-state index in [9.17, 15) is 0 Å². The topological polar surface area (TPSA) is 35.0 Å². The predicted octanol–water partition coefficient (Wildman–Crippen LogP) is 2.19. The van der Waals surface area contributed by atoms with E-state index in [2.05, 4.69) is 0 Å². The lowest BCUT2D eigenvalue weighted by Crippen LogP contribution is -1.92. The third-order valence-corrected chi connectivity index (χ3v) is 2.80. The fourth-order valence-electron chi connectivity index (χ4n) is 1.63. The zero-order valence-electron chi connectivity index (χ0n) is 4.94. The summed E-state index contributed by atoms with van der Waals surface area (Å²) in [5.74, 6) is 2.00. The quantitative estimate of drug-likeness (QED) is 0.505. The van der Waals surface area contributed by atoms with Crippen LogP contribution in [0, 0.1) is 11.8 Å². The van der Waals surface area contributed by atoms with Gasteiger partial charge in [0.1, 0.15) is 0 Å². The third kappa shape index (κ3) is 0.741. The molecule has 0 aromatic heterocycles. The highest BCUT2D eigenvalue weighted by atomic mass is 35.5. The Morgan fingerprint density at radius 1 is 1.25 bits per heavy atom. The molecule has 0 aromatic carbocycles. The van der Waals surface area contributed by atoms with Crippen molar-refractivity contribution < 1.29 is 0 Å². The van der Waals surface area contributed by atoms with Crippen molar-refractivity contribution >= 4 is 11.6 Å². The van der Waals surface area contributed by atoms with Crippen molar-refractivity contribution in [3.8, 4) is 0 Å². The highest BCUT2D eigenvalue weighted by molar-refractivity contribution is 6.21. The van der Waals surface area contributed by atoms with Gasteiger partial charge in [-0.2, -0.15) is 0 Å². The molecule has 48 valence electrons. The first-order valence-electron chi connectivity index (χ1n) is 3.02. The van der Waals surface area contributed by atoms with Gasteiger partial charge >= 0.3 is 0 Å². The third-order valence-electron chi connectivity index (χ3n) is 2.26. The Labute approximate surface area is 55.0 Å². The molecule has 0 amide bonds. The standard InChI is InChI=1S/C6H9Cl.H3N/c7-6-2-1-4-3-5(4)6;/h4-6H,1-3H2;1H3. The molecular weight excluding hydrogens is 122 g/mol. The van der Waals surface area contributed by atoms with E-state index < -0.39 is 0 Å². The van der Waals surface area contributed by atoms with Gasteiger partial charge in [-0.05, 0) is 31.1 Å². The Hall–Kier alpha value is 0.250. The van der Waals surface area contributed by atoms with Crippen molar-refractivity contribution in [2.45, 2.75) is 24.6 Å². The summed E-state index contributed by atoms with van der Waals surface area (Å²) in [7, 11) is 0. The van der Waals surface area contributed by atoms with Crippen LogP contribution < -0.4 is 6.15 Å². The lowest BCUT2D eigenvalue weighted by Gasteiger charge is -1.95. The van der Waals surface area contributed by atoms with Crippen LogP contribution in [0.15, 0.2) is 0 Å². The summed E-state index contributed by atoms with van der Waals surface area (Å²) in [6.45, 7) is 0. The maximum Gasteiger partial charge on any atom is 0.0367 e. The number of hydrogen-bond acceptors (Lipinski definition) is 1. The van der Waals surface area contributed by atoms with E-state index >= 15 is 0 Å². The molecule has 2 aliphatic rings. The second-order valence-electron chi connectivity index (χ2n) is 2.75. The number of hydrogen-bond donors (Lipinski definition) is 1. The van der Waals surface area contributed by atoms with Crippen LogP contribution >= 0.6 is 11.6 Å². The van der Waals surface area contributed by atoms with Crippen LogP contribution in [0.4, 0.5) is 0 Å². The normalized spacial score (nSPS) is 49.9. The molecule has 0 radical (unpaired) electrons. The molecule has 0 spiro atoms. The van der Waals surface area contributed by atoms with Crippen molar-refractivity contribution in [2.24, 2.45) is 11.8 Å². The van der Waals surface area contributed by atoms with E-state index in [0.29, 0.717) is 5.38 Å². The molecule has 2 rings (SSSR count). The van der Waals surface area contributed by atoms with Crippen LogP contribution in [0.1, 0.15) is 19.3 Å². The van der Waals surface area contributed by atoms with Crippen molar-refractivity contribution in [1.29, 1.82) is 0 Å². The first-order valence-corrected chi connectivity index (χ1v) is 3.45. The van der Waals surface area contributed by atoms with Crippen LogP contribution in [0.5, 0.6) is 0 Å². The smallest absolute Gasteiger partial charge is 0.0367 e. The van der Waals surface area contributed by atoms with Gasteiger partial charge in [-0.3, -0.25) is 0 Å². The van der Waals surface area contributed by atoms with E-state index in [0.717, 1.165) is 11.8 Å². The van der Waals surface area contributed by atoms with Gasteiger partial charge < -0.3 is 6.15 Å². The minimum atomic E-state index is 0. The maximum atomic E-state index is 5.90. The first-order chi connectivity index (χ1) is 3.38. The van der Waals surface area contributed by atoms with Crippen LogP contribution in [0.2, 0.25) is 0 Å². The molecule has 0 aliphatic heterocycles. The predicted molar refractivity (Wildman–Crippen MR) is 35.5 cm³/mol. The molecule has 1 nitrogen and oxygen atoms in total. The lowest BCUT2D eigenvalue weighted by molar-refractivity contribution is 0.742. The van der Waals surface area contributed by atoms with Crippen molar-refractivity contribution in [3.63, 3.8) is 0 Å². The number of rotatable bonds is 0. The molecule has 0 saturated heterocycles. The maximum absolute atomic E-state index is 5.90. The van der Waals surface area contributed by atoms with Crippen LogP contribution in [0.3, 0.4) is 0 Å². The monoisotopic (exact) mass is 133 g/mol. The molecule has 3 N–H and O–H groups in total. The highest BCUT2D eigenvalue weighted by Gasteiger charge is 2.46. The summed E-state index contributed by atoms with van der Waals surface area (Å²) in [5.41, 5.74) is 0. The van der Waals surface area contributed by atoms with Gasteiger partial charge in [0.05, 0.1) is 0 Å². The van der Waals surface area contributed by atoms with E-state index in [4.69, 9.17) is 11.6 Å². The van der Waals surface area contributed by atoms with E-state index in [1.54, 1.807) is 0 Å². The average Bonchev–Trinajstić information content (AvgIpc) is 2.33. The molecule has 2 heteroatoms. The molecule has 2 saturated carbocycles. The average molecular weight is 134 g/mol. The molecule has 0 aromatic rings. The Balaban J connectivity index is 0.000000320. The zero-order chi connectivity index (χ0) is 4.85. The van der Waals surface area contributed by atoms with Gasteiger partial charge in [0, 0.05) is 5.38 Å². The largest absolute Gasteiger partial charge is 0.344 e. The number of alkyl halides is 1. The molecule has 3 atom stereocenters. The Morgan fingerprint density at radius 2 is 2.00 bits per heavy atom. The van der Waals surface area contributed by atoms with Crippen molar-refractivity contribution in [2.75, 3.05) is 0 Å². The van der Waals surface area contributed by atoms with E-state index in [-0.39, 0.29) is 6.15 Å². The molecule has 8 heavy (non-hydrogen) atoms. The number of fused-ring (bicyclic) bond motifs is 1. The van der Waals surface area contributed by atoms with E-state index in [1.807, 2.05) is 0 Å². The van der Waals surface area contributed by atoms with Gasteiger partial charge in [-0.25, -0.2) is 0 Å². The van der Waals surface area contributed by atoms with Crippen LogP contribution in [-0.4, -0.2) is 5.38 Å². The summed E-state index contributed by atoms with van der Waals surface area (Å²) < 4.78 is 0. The highest BCUT2D eigenvalue weighted by Crippen LogP contribution is 2.53. The molecule has 0 heterocycles. The summed E-state index contributed by atoms with van der Waals surface area (Å²) in [6.07, 6.45) is 4.14. The summed E-state index contributed by atoms with van der Waals surface area (Å²) in [6, 6.07) is 0. The second kappa shape index (κ2) is 1.89. The second-order valence-corrected chi connectivity index (χ2v) is 3.31. The fraction of sp³-hybridized carbons (Fsp3) is 1.00. The molecule has 0 bridgehead atoms.